The second-order valence-corrected chi connectivity index (χ2v) is 6.26. The summed E-state index contributed by atoms with van der Waals surface area (Å²) >= 11 is 6.22. The van der Waals surface area contributed by atoms with Crippen molar-refractivity contribution in [2.24, 2.45) is 11.3 Å². The molecule has 0 bridgehead atoms. The first-order chi connectivity index (χ1) is 10.8. The number of halogens is 1. The largest absolute Gasteiger partial charge is 0.491 e. The number of rotatable bonds is 4. The van der Waals surface area contributed by atoms with Gasteiger partial charge in [-0.2, -0.15) is 0 Å². The summed E-state index contributed by atoms with van der Waals surface area (Å²) in [7, 11) is 0. The van der Waals surface area contributed by atoms with E-state index in [9.17, 15) is 14.7 Å². The first kappa shape index (κ1) is 17.4. The van der Waals surface area contributed by atoms with Crippen LogP contribution in [-0.2, 0) is 19.1 Å². The summed E-state index contributed by atoms with van der Waals surface area (Å²) in [5.74, 6) is -1.26. The molecular formula is C16H20ClNO5. The number of nitrogens with one attached hydrogen (secondary N) is 1. The maximum atomic E-state index is 12.3. The number of hydrogen-bond acceptors (Lipinski definition) is 4. The Balaban J connectivity index is 2.28. The van der Waals surface area contributed by atoms with Gasteiger partial charge in [-0.25, -0.2) is 0 Å². The third-order valence-electron chi connectivity index (χ3n) is 4.05. The van der Waals surface area contributed by atoms with Crippen LogP contribution in [0.15, 0.2) is 35.4 Å². The number of carboxylic acid groups (broad SMARTS) is 1. The second-order valence-electron chi connectivity index (χ2n) is 5.79. The van der Waals surface area contributed by atoms with E-state index < -0.39 is 22.7 Å². The molecule has 1 heterocycles. The smallest absolute Gasteiger partial charge is 0.315 e. The lowest BCUT2D eigenvalue weighted by molar-refractivity contribution is -0.148. The Morgan fingerprint density at radius 3 is 2.61 bits per heavy atom. The van der Waals surface area contributed by atoms with Crippen molar-refractivity contribution in [3.8, 4) is 0 Å². The molecule has 1 aliphatic carbocycles. The Hall–Kier alpha value is -1.95. The van der Waals surface area contributed by atoms with Gasteiger partial charge in [-0.3, -0.25) is 9.59 Å². The molecule has 0 saturated heterocycles. The van der Waals surface area contributed by atoms with E-state index in [-0.39, 0.29) is 11.7 Å². The van der Waals surface area contributed by atoms with Crippen LogP contribution in [-0.4, -0.2) is 35.6 Å². The van der Waals surface area contributed by atoms with Gasteiger partial charge in [0.2, 0.25) is 5.76 Å². The number of carbonyl (C=O) groups is 2. The third kappa shape index (κ3) is 3.22. The summed E-state index contributed by atoms with van der Waals surface area (Å²) in [6, 6.07) is 0. The number of allylic oxidation sites excluding steroid dienone is 3. The number of amides is 1. The zero-order valence-electron chi connectivity index (χ0n) is 13.3. The summed E-state index contributed by atoms with van der Waals surface area (Å²) < 4.78 is 10.6. The summed E-state index contributed by atoms with van der Waals surface area (Å²) in [5.41, 5.74) is -0.913. The fourth-order valence-electron chi connectivity index (χ4n) is 2.64. The molecule has 2 aliphatic rings. The number of carbonyl (C=O) groups excluding carboxylic acids is 1. The molecule has 0 aromatic carbocycles. The van der Waals surface area contributed by atoms with Gasteiger partial charge in [-0.15, -0.1) is 11.6 Å². The van der Waals surface area contributed by atoms with Gasteiger partial charge in [-0.1, -0.05) is 19.9 Å². The standard InChI is InChI=1S/C16H20ClNO5/c1-9(2)16(15(20)21)8-11(4-5-12(16)17)18-14(19)13-10(3)22-6-7-23-13/h4-5,8-9,12H,6-7H2,1-3H3,(H,18,19)(H,20,21). The van der Waals surface area contributed by atoms with Gasteiger partial charge in [-0.05, 0) is 25.0 Å². The van der Waals surface area contributed by atoms with E-state index in [4.69, 9.17) is 21.1 Å². The number of ether oxygens (including phenoxy) is 2. The number of aliphatic carboxylic acids is 1. The summed E-state index contributed by atoms with van der Waals surface area (Å²) in [5, 5.41) is 11.6. The summed E-state index contributed by atoms with van der Waals surface area (Å²) in [6.45, 7) is 5.90. The average Bonchev–Trinajstić information content (AvgIpc) is 2.48. The molecule has 0 radical (unpaired) electrons. The molecule has 7 heteroatoms. The normalized spacial score (nSPS) is 27.2. The fourth-order valence-corrected chi connectivity index (χ4v) is 3.12. The molecule has 2 unspecified atom stereocenters. The SMILES string of the molecule is CC1=C(C(=O)NC2=CC(C(=O)O)(C(C)C)C(Cl)C=C2)OCCO1. The van der Waals surface area contributed by atoms with E-state index in [1.54, 1.807) is 32.9 Å². The van der Waals surface area contributed by atoms with Gasteiger partial charge >= 0.3 is 5.97 Å². The predicted octanol–water partition coefficient (Wildman–Crippen LogP) is 2.17. The van der Waals surface area contributed by atoms with Crippen molar-refractivity contribution >= 4 is 23.5 Å². The lowest BCUT2D eigenvalue weighted by Crippen LogP contribution is -2.44. The first-order valence-electron chi connectivity index (χ1n) is 7.35. The highest BCUT2D eigenvalue weighted by atomic mass is 35.5. The van der Waals surface area contributed by atoms with Crippen LogP contribution in [0.1, 0.15) is 20.8 Å². The molecule has 2 N–H and O–H groups in total. The van der Waals surface area contributed by atoms with E-state index in [0.29, 0.717) is 24.7 Å². The van der Waals surface area contributed by atoms with E-state index in [0.717, 1.165) is 0 Å². The molecule has 0 saturated carbocycles. The third-order valence-corrected chi connectivity index (χ3v) is 4.56. The average molecular weight is 342 g/mol. The maximum absolute atomic E-state index is 12.3. The molecule has 1 aliphatic heterocycles. The Morgan fingerprint density at radius 1 is 1.39 bits per heavy atom. The highest BCUT2D eigenvalue weighted by Gasteiger charge is 2.47. The molecule has 2 atom stereocenters. The van der Waals surface area contributed by atoms with Crippen molar-refractivity contribution in [1.82, 2.24) is 5.32 Å². The molecule has 0 spiro atoms. The molecule has 2 rings (SSSR count). The van der Waals surface area contributed by atoms with Crippen molar-refractivity contribution < 1.29 is 24.2 Å². The van der Waals surface area contributed by atoms with E-state index in [1.807, 2.05) is 0 Å². The van der Waals surface area contributed by atoms with Crippen LogP contribution in [0.25, 0.3) is 0 Å². The maximum Gasteiger partial charge on any atom is 0.315 e. The predicted molar refractivity (Wildman–Crippen MR) is 84.5 cm³/mol. The fraction of sp³-hybridized carbons (Fsp3) is 0.500. The first-order valence-corrected chi connectivity index (χ1v) is 7.79. The zero-order chi connectivity index (χ0) is 17.2. The molecule has 23 heavy (non-hydrogen) atoms. The summed E-state index contributed by atoms with van der Waals surface area (Å²) in [4.78, 5) is 24.1. The van der Waals surface area contributed by atoms with Gasteiger partial charge in [0.25, 0.3) is 5.91 Å². The Kier molecular flexibility index (Phi) is 5.04. The van der Waals surface area contributed by atoms with Crippen LogP contribution in [0.5, 0.6) is 0 Å². The van der Waals surface area contributed by atoms with E-state index in [2.05, 4.69) is 5.32 Å². The van der Waals surface area contributed by atoms with Gasteiger partial charge in [0, 0.05) is 5.70 Å². The van der Waals surface area contributed by atoms with Crippen molar-refractivity contribution in [3.63, 3.8) is 0 Å². The lowest BCUT2D eigenvalue weighted by atomic mass is 9.71. The topological polar surface area (TPSA) is 84.9 Å². The Labute approximate surface area is 139 Å². The van der Waals surface area contributed by atoms with Crippen LogP contribution in [0.3, 0.4) is 0 Å². The van der Waals surface area contributed by atoms with Crippen molar-refractivity contribution in [2.75, 3.05) is 13.2 Å². The van der Waals surface area contributed by atoms with Gasteiger partial charge in [0.15, 0.2) is 0 Å². The molecule has 126 valence electrons. The minimum absolute atomic E-state index is 0.101. The minimum Gasteiger partial charge on any atom is -0.491 e. The monoisotopic (exact) mass is 341 g/mol. The highest BCUT2D eigenvalue weighted by molar-refractivity contribution is 6.24. The van der Waals surface area contributed by atoms with Crippen molar-refractivity contribution in [3.05, 3.63) is 35.4 Å². The number of hydrogen-bond donors (Lipinski definition) is 2. The Morgan fingerprint density at radius 2 is 2.04 bits per heavy atom. The number of alkyl halides is 1. The molecule has 1 amide bonds. The van der Waals surface area contributed by atoms with Gasteiger partial charge in [0.1, 0.15) is 24.4 Å². The van der Waals surface area contributed by atoms with Crippen LogP contribution < -0.4 is 5.32 Å². The molecule has 6 nitrogen and oxygen atoms in total. The van der Waals surface area contributed by atoms with E-state index >= 15 is 0 Å². The van der Waals surface area contributed by atoms with Gasteiger partial charge < -0.3 is 19.9 Å². The molecule has 0 aromatic heterocycles. The van der Waals surface area contributed by atoms with Gasteiger partial charge in [0.05, 0.1) is 5.38 Å². The molecule has 0 fully saturated rings. The van der Waals surface area contributed by atoms with E-state index in [1.165, 1.54) is 6.08 Å². The highest BCUT2D eigenvalue weighted by Crippen LogP contribution is 2.41. The molecule has 0 aromatic rings. The van der Waals surface area contributed by atoms with Crippen molar-refractivity contribution in [2.45, 2.75) is 26.1 Å². The number of carboxylic acids is 1. The quantitative estimate of drug-likeness (QED) is 0.765. The van der Waals surface area contributed by atoms with Crippen LogP contribution >= 0.6 is 11.6 Å². The van der Waals surface area contributed by atoms with Crippen LogP contribution in [0, 0.1) is 11.3 Å². The van der Waals surface area contributed by atoms with Crippen molar-refractivity contribution in [1.29, 1.82) is 0 Å². The van der Waals surface area contributed by atoms with Crippen LogP contribution in [0.4, 0.5) is 0 Å². The Bertz CT molecular complexity index is 608. The minimum atomic E-state index is -1.29. The zero-order valence-corrected chi connectivity index (χ0v) is 14.0. The van der Waals surface area contributed by atoms with Crippen LogP contribution in [0.2, 0.25) is 0 Å². The second kappa shape index (κ2) is 6.66. The lowest BCUT2D eigenvalue weighted by Gasteiger charge is -2.36. The summed E-state index contributed by atoms with van der Waals surface area (Å²) in [6.07, 6.45) is 4.67. The molecular weight excluding hydrogens is 322 g/mol.